The van der Waals surface area contributed by atoms with Crippen LogP contribution in [0.3, 0.4) is 0 Å². The van der Waals surface area contributed by atoms with Gasteiger partial charge in [0.1, 0.15) is 6.10 Å². The molecule has 110 valence electrons. The molecule has 1 aliphatic carbocycles. The predicted molar refractivity (Wildman–Crippen MR) is 81.1 cm³/mol. The minimum Gasteiger partial charge on any atom is -0.483 e. The molecule has 1 fully saturated rings. The second-order valence-corrected chi connectivity index (χ2v) is 6.56. The lowest BCUT2D eigenvalue weighted by Crippen LogP contribution is -2.62. The summed E-state index contributed by atoms with van der Waals surface area (Å²) in [6.07, 6.45) is 0.861. The van der Waals surface area contributed by atoms with Gasteiger partial charge in [-0.15, -0.1) is 0 Å². The Balaban J connectivity index is 2.14. The molecule has 0 radical (unpaired) electrons. The molecule has 20 heavy (non-hydrogen) atoms. The van der Waals surface area contributed by atoms with Gasteiger partial charge in [-0.05, 0) is 18.7 Å². The van der Waals surface area contributed by atoms with Crippen LogP contribution in [-0.4, -0.2) is 23.6 Å². The number of rotatable bonds is 5. The number of nitrogens with one attached hydrogen (secondary N) is 1. The number of hydrogen-bond acceptors (Lipinski definition) is 4. The molecule has 2 atom stereocenters. The van der Waals surface area contributed by atoms with Gasteiger partial charge in [0.05, 0.1) is 4.92 Å². The molecule has 1 aromatic carbocycles. The van der Waals surface area contributed by atoms with Crippen LogP contribution >= 0.6 is 15.9 Å². The van der Waals surface area contributed by atoms with Crippen LogP contribution in [0.5, 0.6) is 5.75 Å². The third-order valence-corrected chi connectivity index (χ3v) is 4.51. The fourth-order valence-electron chi connectivity index (χ4n) is 2.56. The number of ether oxygens (including phenoxy) is 1. The molecule has 2 rings (SSSR count). The summed E-state index contributed by atoms with van der Waals surface area (Å²) in [7, 11) is 0. The number of nitrogens with zero attached hydrogens (tertiary/aromatic N) is 1. The number of hydrogen-bond donors (Lipinski definition) is 1. The van der Waals surface area contributed by atoms with Crippen molar-refractivity contribution in [1.29, 1.82) is 0 Å². The van der Waals surface area contributed by atoms with Crippen LogP contribution in [0.2, 0.25) is 0 Å². The van der Waals surface area contributed by atoms with E-state index in [0.29, 0.717) is 16.3 Å². The molecule has 6 heteroatoms. The number of nitro groups is 1. The topological polar surface area (TPSA) is 64.4 Å². The molecule has 0 bridgehead atoms. The average Bonchev–Trinajstić information content (AvgIpc) is 2.39. The Morgan fingerprint density at radius 2 is 2.25 bits per heavy atom. The van der Waals surface area contributed by atoms with Gasteiger partial charge in [0.2, 0.25) is 0 Å². The summed E-state index contributed by atoms with van der Waals surface area (Å²) in [5.41, 5.74) is -0.0289. The van der Waals surface area contributed by atoms with Crippen molar-refractivity contribution in [2.24, 2.45) is 5.41 Å². The Morgan fingerprint density at radius 1 is 1.55 bits per heavy atom. The first-order valence-electron chi connectivity index (χ1n) is 6.70. The Bertz CT molecular complexity index is 519. The van der Waals surface area contributed by atoms with Gasteiger partial charge in [-0.3, -0.25) is 10.1 Å². The van der Waals surface area contributed by atoms with Gasteiger partial charge in [0.15, 0.2) is 5.75 Å². The summed E-state index contributed by atoms with van der Waals surface area (Å²) >= 11 is 3.24. The van der Waals surface area contributed by atoms with Crippen LogP contribution in [-0.2, 0) is 0 Å². The number of halogens is 1. The maximum atomic E-state index is 11.1. The zero-order valence-electron chi connectivity index (χ0n) is 11.9. The second kappa shape index (κ2) is 5.69. The first kappa shape index (κ1) is 15.3. The molecule has 1 N–H and O–H groups in total. The highest BCUT2D eigenvalue weighted by atomic mass is 79.9. The summed E-state index contributed by atoms with van der Waals surface area (Å²) < 4.78 is 6.56. The van der Waals surface area contributed by atoms with E-state index in [1.54, 1.807) is 12.1 Å². The smallest absolute Gasteiger partial charge is 0.312 e. The van der Waals surface area contributed by atoms with Crippen molar-refractivity contribution in [2.45, 2.75) is 39.3 Å². The summed E-state index contributed by atoms with van der Waals surface area (Å²) in [5, 5.41) is 14.5. The van der Waals surface area contributed by atoms with E-state index in [1.165, 1.54) is 6.07 Å². The maximum Gasteiger partial charge on any atom is 0.312 e. The van der Waals surface area contributed by atoms with Crippen molar-refractivity contribution < 1.29 is 9.66 Å². The summed E-state index contributed by atoms with van der Waals surface area (Å²) in [4.78, 5) is 10.7. The lowest BCUT2D eigenvalue weighted by molar-refractivity contribution is -0.386. The van der Waals surface area contributed by atoms with E-state index in [0.717, 1.165) is 13.0 Å². The Morgan fingerprint density at radius 3 is 2.80 bits per heavy atom. The zero-order valence-corrected chi connectivity index (χ0v) is 13.4. The molecule has 1 saturated carbocycles. The van der Waals surface area contributed by atoms with Crippen molar-refractivity contribution in [3.63, 3.8) is 0 Å². The van der Waals surface area contributed by atoms with Crippen molar-refractivity contribution in [1.82, 2.24) is 5.32 Å². The van der Waals surface area contributed by atoms with Gasteiger partial charge in [-0.2, -0.15) is 0 Å². The average molecular weight is 343 g/mol. The first-order chi connectivity index (χ1) is 9.36. The lowest BCUT2D eigenvalue weighted by atomic mass is 9.64. The van der Waals surface area contributed by atoms with Gasteiger partial charge < -0.3 is 10.1 Å². The highest BCUT2D eigenvalue weighted by Gasteiger charge is 2.50. The van der Waals surface area contributed by atoms with Gasteiger partial charge in [-0.25, -0.2) is 0 Å². The molecule has 0 heterocycles. The van der Waals surface area contributed by atoms with Crippen LogP contribution in [0.4, 0.5) is 5.69 Å². The SMILES string of the molecule is CCNC1CC(Oc2ccc(Br)cc2[N+](=O)[O-])C1(C)C. The standard InChI is InChI=1S/C14H19BrN2O3/c1-4-16-12-8-13(14(12,2)3)20-11-6-5-9(15)7-10(11)17(18)19/h5-7,12-13,16H,4,8H2,1-3H3. The van der Waals surface area contributed by atoms with Crippen molar-refractivity contribution in [2.75, 3.05) is 6.54 Å². The Labute approximate surface area is 127 Å². The third-order valence-electron chi connectivity index (χ3n) is 4.02. The van der Waals surface area contributed by atoms with E-state index in [4.69, 9.17) is 4.74 Å². The molecule has 1 aromatic rings. The number of nitro benzene ring substituents is 1. The third kappa shape index (κ3) is 2.81. The van der Waals surface area contributed by atoms with Gasteiger partial charge in [0.25, 0.3) is 0 Å². The van der Waals surface area contributed by atoms with Gasteiger partial charge in [0, 0.05) is 28.4 Å². The Hall–Kier alpha value is -1.14. The normalized spacial score (nSPS) is 24.0. The molecule has 1 aliphatic rings. The molecule has 2 unspecified atom stereocenters. The first-order valence-corrected chi connectivity index (χ1v) is 7.49. The van der Waals surface area contributed by atoms with Crippen LogP contribution in [0.25, 0.3) is 0 Å². The molecule has 0 saturated heterocycles. The van der Waals surface area contributed by atoms with E-state index in [-0.39, 0.29) is 17.2 Å². The monoisotopic (exact) mass is 342 g/mol. The van der Waals surface area contributed by atoms with E-state index in [2.05, 4.69) is 42.0 Å². The van der Waals surface area contributed by atoms with Crippen molar-refractivity contribution >= 4 is 21.6 Å². The predicted octanol–water partition coefficient (Wildman–Crippen LogP) is 3.51. The minimum absolute atomic E-state index is 0.00192. The van der Waals surface area contributed by atoms with E-state index < -0.39 is 4.92 Å². The summed E-state index contributed by atoms with van der Waals surface area (Å²) in [6.45, 7) is 7.24. The minimum atomic E-state index is -0.409. The molecule has 0 spiro atoms. The van der Waals surface area contributed by atoms with Crippen molar-refractivity contribution in [3.05, 3.63) is 32.8 Å². The molecule has 5 nitrogen and oxygen atoms in total. The van der Waals surface area contributed by atoms with E-state index in [1.807, 2.05) is 0 Å². The van der Waals surface area contributed by atoms with Crippen LogP contribution in [0, 0.1) is 15.5 Å². The maximum absolute atomic E-state index is 11.1. The van der Waals surface area contributed by atoms with Gasteiger partial charge >= 0.3 is 5.69 Å². The molecule has 0 amide bonds. The van der Waals surface area contributed by atoms with E-state index in [9.17, 15) is 10.1 Å². The van der Waals surface area contributed by atoms with Crippen molar-refractivity contribution in [3.8, 4) is 5.75 Å². The van der Waals surface area contributed by atoms with Crippen LogP contribution < -0.4 is 10.1 Å². The quantitative estimate of drug-likeness (QED) is 0.656. The Kier molecular flexibility index (Phi) is 4.34. The molecular formula is C14H19BrN2O3. The lowest BCUT2D eigenvalue weighted by Gasteiger charge is -2.51. The summed E-state index contributed by atoms with van der Waals surface area (Å²) in [6, 6.07) is 5.28. The van der Waals surface area contributed by atoms with Gasteiger partial charge in [-0.1, -0.05) is 36.7 Å². The highest BCUT2D eigenvalue weighted by molar-refractivity contribution is 9.10. The molecule has 0 aromatic heterocycles. The highest BCUT2D eigenvalue weighted by Crippen LogP contribution is 2.44. The molecular weight excluding hydrogens is 324 g/mol. The molecule has 0 aliphatic heterocycles. The zero-order chi connectivity index (χ0) is 14.9. The van der Waals surface area contributed by atoms with Crippen LogP contribution in [0.1, 0.15) is 27.2 Å². The fourth-order valence-corrected chi connectivity index (χ4v) is 2.91. The largest absolute Gasteiger partial charge is 0.483 e. The fraction of sp³-hybridized carbons (Fsp3) is 0.571. The van der Waals surface area contributed by atoms with Crippen LogP contribution in [0.15, 0.2) is 22.7 Å². The van der Waals surface area contributed by atoms with E-state index >= 15 is 0 Å². The second-order valence-electron chi connectivity index (χ2n) is 5.64. The summed E-state index contributed by atoms with van der Waals surface area (Å²) in [5.74, 6) is 0.339. The number of benzene rings is 1.